The molecule has 0 saturated carbocycles. The van der Waals surface area contributed by atoms with Crippen LogP contribution < -0.4 is 69.0 Å². The number of nitrogens with two attached hydrogens (primary N) is 1. The van der Waals surface area contributed by atoms with Crippen LogP contribution in [0.25, 0.3) is 0 Å². The quantitative estimate of drug-likeness (QED) is 0.535. The Labute approximate surface area is 114 Å². The van der Waals surface area contributed by atoms with Gasteiger partial charge in [-0.3, -0.25) is 0 Å². The topological polar surface area (TPSA) is 66.2 Å². The van der Waals surface area contributed by atoms with E-state index in [-0.39, 0.29) is 58.2 Å². The molecule has 0 radical (unpaired) electrons. The van der Waals surface area contributed by atoms with Crippen molar-refractivity contribution < 1.29 is 68.1 Å². The first kappa shape index (κ1) is 14.1. The van der Waals surface area contributed by atoms with Crippen molar-refractivity contribution in [1.82, 2.24) is 0 Å². The molecule has 10 heavy (non-hydrogen) atoms. The average Bonchev–Trinajstić information content (AvgIpc) is 1.82. The second-order valence-corrected chi connectivity index (χ2v) is 2.69. The van der Waals surface area contributed by atoms with Crippen LogP contribution >= 0.6 is 11.8 Å². The summed E-state index contributed by atoms with van der Waals surface area (Å²) in [6.07, 6.45) is 2.39. The first-order valence-electron chi connectivity index (χ1n) is 2.64. The van der Waals surface area contributed by atoms with Crippen molar-refractivity contribution in [3.05, 3.63) is 0 Å². The van der Waals surface area contributed by atoms with Gasteiger partial charge in [0, 0.05) is 6.04 Å². The maximum atomic E-state index is 9.96. The molecule has 1 unspecified atom stereocenters. The van der Waals surface area contributed by atoms with Gasteiger partial charge in [-0.15, -0.1) is 0 Å². The van der Waals surface area contributed by atoms with Crippen LogP contribution in [0.5, 0.6) is 0 Å². The number of hydrogen-bond acceptors (Lipinski definition) is 4. The minimum atomic E-state index is -1.16. The van der Waals surface area contributed by atoms with Gasteiger partial charge < -0.3 is 15.6 Å². The Morgan fingerprint density at radius 3 is 2.60 bits per heavy atom. The van der Waals surface area contributed by atoms with Gasteiger partial charge in [-0.25, -0.2) is 0 Å². The number of aliphatic carboxylic acids is 1. The molecule has 0 saturated heterocycles. The molecule has 0 fully saturated rings. The summed E-state index contributed by atoms with van der Waals surface area (Å²) >= 11 is 1.58. The van der Waals surface area contributed by atoms with Crippen molar-refractivity contribution in [1.29, 1.82) is 0 Å². The molecule has 0 aromatic rings. The third-order valence-electron chi connectivity index (χ3n) is 0.936. The summed E-state index contributed by atoms with van der Waals surface area (Å²) in [5.74, 6) is -0.390. The SMILES string of the molecule is CSCCC(N)C(=O)[O-].[Rb+]. The van der Waals surface area contributed by atoms with Crippen LogP contribution in [-0.2, 0) is 4.79 Å². The molecule has 2 N–H and O–H groups in total. The van der Waals surface area contributed by atoms with Crippen LogP contribution in [0.15, 0.2) is 0 Å². The molecule has 5 heteroatoms. The Kier molecular flexibility index (Phi) is 12.3. The monoisotopic (exact) mass is 233 g/mol. The van der Waals surface area contributed by atoms with Crippen molar-refractivity contribution in [3.63, 3.8) is 0 Å². The number of rotatable bonds is 4. The molecular formula is C5H10NO2RbS. The molecular weight excluding hydrogens is 224 g/mol. The predicted molar refractivity (Wildman–Crippen MR) is 36.0 cm³/mol. The Bertz CT molecular complexity index is 102. The maximum absolute atomic E-state index is 9.96. The maximum Gasteiger partial charge on any atom is 1.00 e. The molecule has 0 spiro atoms. The summed E-state index contributed by atoms with van der Waals surface area (Å²) in [5, 5.41) is 9.96. The van der Waals surface area contributed by atoms with Crippen LogP contribution in [0.2, 0.25) is 0 Å². The molecule has 0 aliphatic rings. The van der Waals surface area contributed by atoms with Crippen molar-refractivity contribution in [2.75, 3.05) is 12.0 Å². The number of carbonyl (C=O) groups is 1. The van der Waals surface area contributed by atoms with Crippen LogP contribution in [0, 0.1) is 0 Å². The average molecular weight is 234 g/mol. The van der Waals surface area contributed by atoms with Gasteiger partial charge in [0.25, 0.3) is 0 Å². The zero-order valence-corrected chi connectivity index (χ0v) is 12.0. The molecule has 0 aromatic carbocycles. The van der Waals surface area contributed by atoms with E-state index in [0.717, 1.165) is 5.75 Å². The summed E-state index contributed by atoms with van der Waals surface area (Å²) < 4.78 is 0. The molecule has 0 amide bonds. The summed E-state index contributed by atoms with van der Waals surface area (Å²) in [5.41, 5.74) is 5.13. The molecule has 54 valence electrons. The third-order valence-corrected chi connectivity index (χ3v) is 1.58. The third kappa shape index (κ3) is 7.69. The minimum Gasteiger partial charge on any atom is -0.548 e. The van der Waals surface area contributed by atoms with Gasteiger partial charge in [0.2, 0.25) is 0 Å². The van der Waals surface area contributed by atoms with E-state index in [4.69, 9.17) is 5.73 Å². The second-order valence-electron chi connectivity index (χ2n) is 1.71. The molecule has 0 heterocycles. The van der Waals surface area contributed by atoms with E-state index in [2.05, 4.69) is 0 Å². The van der Waals surface area contributed by atoms with E-state index >= 15 is 0 Å². The Morgan fingerprint density at radius 1 is 1.80 bits per heavy atom. The van der Waals surface area contributed by atoms with Gasteiger partial charge in [-0.2, -0.15) is 11.8 Å². The Balaban J connectivity index is 0. The van der Waals surface area contributed by atoms with Crippen molar-refractivity contribution >= 4 is 17.7 Å². The first-order valence-corrected chi connectivity index (χ1v) is 4.03. The van der Waals surface area contributed by atoms with Gasteiger partial charge in [0.1, 0.15) is 0 Å². The van der Waals surface area contributed by atoms with E-state index in [1.54, 1.807) is 11.8 Å². The summed E-state index contributed by atoms with van der Waals surface area (Å²) in [6, 6.07) is -0.794. The minimum absolute atomic E-state index is 0. The molecule has 3 nitrogen and oxygen atoms in total. The van der Waals surface area contributed by atoms with Gasteiger partial charge in [0.15, 0.2) is 0 Å². The Hall–Kier alpha value is 1.59. The normalized spacial score (nSPS) is 11.8. The molecule has 1 atom stereocenters. The van der Waals surface area contributed by atoms with E-state index in [1.807, 2.05) is 6.26 Å². The smallest absolute Gasteiger partial charge is 0.548 e. The largest absolute Gasteiger partial charge is 1.00 e. The van der Waals surface area contributed by atoms with Gasteiger partial charge in [0.05, 0.1) is 5.97 Å². The van der Waals surface area contributed by atoms with Gasteiger partial charge >= 0.3 is 58.2 Å². The van der Waals surface area contributed by atoms with Crippen molar-refractivity contribution in [2.45, 2.75) is 12.5 Å². The molecule has 0 bridgehead atoms. The van der Waals surface area contributed by atoms with Crippen LogP contribution in [0.1, 0.15) is 6.42 Å². The summed E-state index contributed by atoms with van der Waals surface area (Å²) in [7, 11) is 0. The number of carbonyl (C=O) groups excluding carboxylic acids is 1. The fraction of sp³-hybridized carbons (Fsp3) is 0.800. The van der Waals surface area contributed by atoms with E-state index in [0.29, 0.717) is 6.42 Å². The van der Waals surface area contributed by atoms with Gasteiger partial charge in [-0.1, -0.05) is 0 Å². The standard InChI is InChI=1S/C5H11NO2S.Rb/c1-9-3-2-4(6)5(7)8;/h4H,2-3,6H2,1H3,(H,7,8);/q;+1/p-1. The van der Waals surface area contributed by atoms with E-state index in [9.17, 15) is 9.90 Å². The molecule has 0 aliphatic carbocycles. The fourth-order valence-corrected chi connectivity index (χ4v) is 0.852. The zero-order valence-electron chi connectivity index (χ0n) is 6.29. The summed E-state index contributed by atoms with van der Waals surface area (Å²) in [6.45, 7) is 0. The summed E-state index contributed by atoms with van der Waals surface area (Å²) in [4.78, 5) is 9.96. The number of thioether (sulfide) groups is 1. The zero-order chi connectivity index (χ0) is 7.28. The fourth-order valence-electron chi connectivity index (χ4n) is 0.363. The van der Waals surface area contributed by atoms with E-state index < -0.39 is 12.0 Å². The number of carboxylic acid groups (broad SMARTS) is 1. The first-order chi connectivity index (χ1) is 4.18. The Morgan fingerprint density at radius 2 is 2.30 bits per heavy atom. The van der Waals surface area contributed by atoms with Crippen LogP contribution in [0.3, 0.4) is 0 Å². The molecule has 0 aromatic heterocycles. The van der Waals surface area contributed by atoms with Crippen LogP contribution in [-0.4, -0.2) is 24.0 Å². The van der Waals surface area contributed by atoms with Crippen molar-refractivity contribution in [3.8, 4) is 0 Å². The number of hydrogen-bond donors (Lipinski definition) is 1. The van der Waals surface area contributed by atoms with E-state index in [1.165, 1.54) is 0 Å². The number of carboxylic acids is 1. The van der Waals surface area contributed by atoms with Crippen molar-refractivity contribution in [2.24, 2.45) is 5.73 Å². The second kappa shape index (κ2) is 8.68. The van der Waals surface area contributed by atoms with Gasteiger partial charge in [-0.05, 0) is 18.4 Å². The predicted octanol–water partition coefficient (Wildman–Crippen LogP) is -4.18. The van der Waals surface area contributed by atoms with Crippen LogP contribution in [0.4, 0.5) is 0 Å². The molecule has 0 aliphatic heterocycles. The molecule has 0 rings (SSSR count).